The first-order chi connectivity index (χ1) is 6.22. The second kappa shape index (κ2) is 4.77. The molecule has 3 nitrogen and oxygen atoms in total. The summed E-state index contributed by atoms with van der Waals surface area (Å²) in [5.74, 6) is 0.0393. The first kappa shape index (κ1) is 9.92. The first-order valence-electron chi connectivity index (χ1n) is 4.22. The van der Waals surface area contributed by atoms with Gasteiger partial charge in [0, 0.05) is 6.04 Å². The lowest BCUT2D eigenvalue weighted by Crippen LogP contribution is -2.26. The Morgan fingerprint density at radius 3 is 2.92 bits per heavy atom. The third kappa shape index (κ3) is 3.38. The fraction of sp³-hybridized carbons (Fsp3) is 0.444. The molecule has 0 bridgehead atoms. The number of ether oxygens (including phenoxy) is 1. The molecule has 1 atom stereocenters. The van der Waals surface area contributed by atoms with Crippen molar-refractivity contribution in [3.63, 3.8) is 0 Å². The van der Waals surface area contributed by atoms with Gasteiger partial charge in [0.1, 0.15) is 12.4 Å². The number of hydrogen-bond acceptors (Lipinski definition) is 3. The average Bonchev–Trinajstić information content (AvgIpc) is 2.16. The number of nitrogens with zero attached hydrogens (tertiary/aromatic N) is 1. The van der Waals surface area contributed by atoms with Crippen molar-refractivity contribution >= 4 is 0 Å². The molecule has 13 heavy (non-hydrogen) atoms. The van der Waals surface area contributed by atoms with Crippen LogP contribution in [0, 0.1) is 5.95 Å². The summed E-state index contributed by atoms with van der Waals surface area (Å²) in [6.07, 6.45) is 2.20. The van der Waals surface area contributed by atoms with E-state index in [0.29, 0.717) is 12.4 Å². The van der Waals surface area contributed by atoms with Gasteiger partial charge in [-0.3, -0.25) is 0 Å². The Labute approximate surface area is 76.7 Å². The minimum absolute atomic E-state index is 0.0186. The molecule has 0 unspecified atom stereocenters. The molecule has 0 aliphatic carbocycles. The van der Waals surface area contributed by atoms with Gasteiger partial charge in [0.15, 0.2) is 0 Å². The van der Waals surface area contributed by atoms with E-state index in [1.807, 2.05) is 6.92 Å². The Hall–Kier alpha value is -1.16. The summed E-state index contributed by atoms with van der Waals surface area (Å²) in [7, 11) is 0. The van der Waals surface area contributed by atoms with Crippen LogP contribution in [0.15, 0.2) is 18.3 Å². The molecule has 0 saturated carbocycles. The number of halogens is 1. The summed E-state index contributed by atoms with van der Waals surface area (Å²) in [4.78, 5) is 3.45. The Morgan fingerprint density at radius 1 is 1.62 bits per heavy atom. The highest BCUT2D eigenvalue weighted by molar-refractivity contribution is 5.16. The van der Waals surface area contributed by atoms with Crippen molar-refractivity contribution in [2.45, 2.75) is 19.4 Å². The smallest absolute Gasteiger partial charge is 0.213 e. The third-order valence-corrected chi connectivity index (χ3v) is 1.69. The van der Waals surface area contributed by atoms with Gasteiger partial charge in [-0.1, -0.05) is 6.92 Å². The van der Waals surface area contributed by atoms with Gasteiger partial charge in [-0.15, -0.1) is 0 Å². The molecule has 72 valence electrons. The number of hydrogen-bond donors (Lipinski definition) is 1. The van der Waals surface area contributed by atoms with Gasteiger partial charge >= 0.3 is 0 Å². The normalized spacial score (nSPS) is 12.5. The van der Waals surface area contributed by atoms with Crippen LogP contribution in [-0.4, -0.2) is 17.6 Å². The van der Waals surface area contributed by atoms with E-state index in [2.05, 4.69) is 4.98 Å². The molecule has 0 amide bonds. The zero-order valence-electron chi connectivity index (χ0n) is 7.53. The summed E-state index contributed by atoms with van der Waals surface area (Å²) < 4.78 is 17.6. The number of nitrogens with two attached hydrogens (primary N) is 1. The van der Waals surface area contributed by atoms with Crippen LogP contribution < -0.4 is 10.5 Å². The number of aromatic nitrogens is 1. The Balaban J connectivity index is 2.41. The SMILES string of the molecule is CC[C@@H](N)COc1ccc(F)nc1. The molecule has 1 rings (SSSR count). The van der Waals surface area contributed by atoms with Crippen molar-refractivity contribution in [1.82, 2.24) is 4.98 Å². The van der Waals surface area contributed by atoms with Crippen molar-refractivity contribution in [2.24, 2.45) is 5.73 Å². The quantitative estimate of drug-likeness (QED) is 0.718. The third-order valence-electron chi connectivity index (χ3n) is 1.69. The van der Waals surface area contributed by atoms with E-state index in [4.69, 9.17) is 10.5 Å². The number of rotatable bonds is 4. The summed E-state index contributed by atoms with van der Waals surface area (Å²) >= 11 is 0. The summed E-state index contributed by atoms with van der Waals surface area (Å²) in [6, 6.07) is 2.81. The van der Waals surface area contributed by atoms with E-state index >= 15 is 0 Å². The maximum absolute atomic E-state index is 12.4. The topological polar surface area (TPSA) is 48.1 Å². The van der Waals surface area contributed by atoms with Crippen molar-refractivity contribution in [3.8, 4) is 5.75 Å². The fourth-order valence-corrected chi connectivity index (χ4v) is 0.769. The van der Waals surface area contributed by atoms with Crippen LogP contribution in [0.3, 0.4) is 0 Å². The molecule has 1 aromatic rings. The van der Waals surface area contributed by atoms with E-state index in [-0.39, 0.29) is 6.04 Å². The minimum atomic E-state index is -0.507. The van der Waals surface area contributed by atoms with Crippen LogP contribution in [0.4, 0.5) is 4.39 Å². The molecule has 0 saturated heterocycles. The van der Waals surface area contributed by atoms with E-state index < -0.39 is 5.95 Å². The van der Waals surface area contributed by atoms with Gasteiger partial charge in [0.05, 0.1) is 6.20 Å². The Bertz CT molecular complexity index is 250. The lowest BCUT2D eigenvalue weighted by molar-refractivity contribution is 0.283. The lowest BCUT2D eigenvalue weighted by atomic mass is 10.3. The average molecular weight is 184 g/mol. The van der Waals surface area contributed by atoms with Crippen molar-refractivity contribution in [2.75, 3.05) is 6.61 Å². The maximum Gasteiger partial charge on any atom is 0.213 e. The second-order valence-corrected chi connectivity index (χ2v) is 2.80. The maximum atomic E-state index is 12.4. The van der Waals surface area contributed by atoms with Gasteiger partial charge in [-0.05, 0) is 18.6 Å². The van der Waals surface area contributed by atoms with Crippen molar-refractivity contribution in [3.05, 3.63) is 24.3 Å². The molecule has 4 heteroatoms. The number of pyridine rings is 1. The van der Waals surface area contributed by atoms with Gasteiger partial charge in [-0.2, -0.15) is 4.39 Å². The molecule has 0 aliphatic rings. The zero-order valence-corrected chi connectivity index (χ0v) is 7.53. The minimum Gasteiger partial charge on any atom is -0.490 e. The van der Waals surface area contributed by atoms with Gasteiger partial charge in [0.25, 0.3) is 0 Å². The predicted octanol–water partition coefficient (Wildman–Crippen LogP) is 1.34. The fourth-order valence-electron chi connectivity index (χ4n) is 0.769. The molecule has 0 radical (unpaired) electrons. The van der Waals surface area contributed by atoms with Crippen LogP contribution in [0.2, 0.25) is 0 Å². The van der Waals surface area contributed by atoms with Crippen LogP contribution in [0.1, 0.15) is 13.3 Å². The van der Waals surface area contributed by atoms with Crippen molar-refractivity contribution < 1.29 is 9.13 Å². The van der Waals surface area contributed by atoms with Gasteiger partial charge < -0.3 is 10.5 Å². The van der Waals surface area contributed by atoms with E-state index in [9.17, 15) is 4.39 Å². The molecule has 1 aromatic heterocycles. The largest absolute Gasteiger partial charge is 0.490 e. The van der Waals surface area contributed by atoms with Crippen LogP contribution in [-0.2, 0) is 0 Å². The summed E-state index contributed by atoms with van der Waals surface area (Å²) in [5.41, 5.74) is 5.63. The standard InChI is InChI=1S/C9H13FN2O/c1-2-7(11)6-13-8-3-4-9(10)12-5-8/h3-5,7H,2,6,11H2,1H3/t7-/m1/s1. The molecule has 0 spiro atoms. The Kier molecular flexibility index (Phi) is 3.64. The summed E-state index contributed by atoms with van der Waals surface area (Å²) in [6.45, 7) is 2.42. The Morgan fingerprint density at radius 2 is 2.38 bits per heavy atom. The molecule has 2 N–H and O–H groups in total. The highest BCUT2D eigenvalue weighted by atomic mass is 19.1. The van der Waals surface area contributed by atoms with E-state index in [1.165, 1.54) is 18.3 Å². The van der Waals surface area contributed by atoms with E-state index in [0.717, 1.165) is 6.42 Å². The van der Waals surface area contributed by atoms with Crippen LogP contribution in [0.5, 0.6) is 5.75 Å². The first-order valence-corrected chi connectivity index (χ1v) is 4.22. The molecule has 0 aliphatic heterocycles. The highest BCUT2D eigenvalue weighted by Crippen LogP contribution is 2.08. The monoisotopic (exact) mass is 184 g/mol. The molecular formula is C9H13FN2O. The van der Waals surface area contributed by atoms with Crippen LogP contribution in [0.25, 0.3) is 0 Å². The molecular weight excluding hydrogens is 171 g/mol. The predicted molar refractivity (Wildman–Crippen MR) is 48.0 cm³/mol. The highest BCUT2D eigenvalue weighted by Gasteiger charge is 2.00. The van der Waals surface area contributed by atoms with E-state index in [1.54, 1.807) is 0 Å². The zero-order chi connectivity index (χ0) is 9.68. The molecule has 0 fully saturated rings. The van der Waals surface area contributed by atoms with Crippen molar-refractivity contribution in [1.29, 1.82) is 0 Å². The summed E-state index contributed by atoms with van der Waals surface area (Å²) in [5, 5.41) is 0. The molecule has 1 heterocycles. The van der Waals surface area contributed by atoms with Gasteiger partial charge in [-0.25, -0.2) is 4.98 Å². The van der Waals surface area contributed by atoms with Crippen LogP contribution >= 0.6 is 0 Å². The molecule has 0 aromatic carbocycles. The second-order valence-electron chi connectivity index (χ2n) is 2.80. The lowest BCUT2D eigenvalue weighted by Gasteiger charge is -2.10. The van der Waals surface area contributed by atoms with Gasteiger partial charge in [0.2, 0.25) is 5.95 Å².